The second-order valence-corrected chi connectivity index (χ2v) is 6.80. The molecule has 0 fully saturated rings. The van der Waals surface area contributed by atoms with Crippen molar-refractivity contribution >= 4 is 46.8 Å². The van der Waals surface area contributed by atoms with Gasteiger partial charge in [0.15, 0.2) is 6.61 Å². The molecule has 0 unspecified atom stereocenters. The average Bonchev–Trinajstić information content (AvgIpc) is 2.65. The van der Waals surface area contributed by atoms with Crippen LogP contribution in [0.15, 0.2) is 47.4 Å². The lowest BCUT2D eigenvalue weighted by Crippen LogP contribution is -2.32. The zero-order chi connectivity index (χ0) is 18.9. The van der Waals surface area contributed by atoms with E-state index in [0.29, 0.717) is 10.8 Å². The van der Waals surface area contributed by atoms with Crippen molar-refractivity contribution in [3.8, 4) is 5.75 Å². The molecule has 5 nitrogen and oxygen atoms in total. The number of carbonyl (C=O) groups is 2. The van der Waals surface area contributed by atoms with Gasteiger partial charge in [-0.3, -0.25) is 4.79 Å². The summed E-state index contributed by atoms with van der Waals surface area (Å²) in [4.78, 5) is 24.7. The van der Waals surface area contributed by atoms with Crippen LogP contribution >= 0.6 is 35.0 Å². The predicted octanol–water partition coefficient (Wildman–Crippen LogP) is 4.07. The van der Waals surface area contributed by atoms with E-state index in [1.54, 1.807) is 42.5 Å². The van der Waals surface area contributed by atoms with Gasteiger partial charge in [0.05, 0.1) is 17.1 Å². The first-order valence-corrected chi connectivity index (χ1v) is 9.63. The maximum atomic E-state index is 12.0. The number of hydrogen-bond donors (Lipinski definition) is 1. The van der Waals surface area contributed by atoms with Crippen molar-refractivity contribution in [2.75, 3.05) is 26.0 Å². The first-order chi connectivity index (χ1) is 12.5. The molecule has 0 spiro atoms. The normalized spacial score (nSPS) is 10.3. The average molecular weight is 414 g/mol. The lowest BCUT2D eigenvalue weighted by molar-refractivity contribution is -0.124. The minimum Gasteiger partial charge on any atom is -0.492 e. The molecule has 0 saturated carbocycles. The van der Waals surface area contributed by atoms with Gasteiger partial charge < -0.3 is 14.8 Å². The highest BCUT2D eigenvalue weighted by Crippen LogP contribution is 2.23. The molecule has 2 rings (SSSR count). The first-order valence-electron chi connectivity index (χ1n) is 7.65. The number of esters is 1. The monoisotopic (exact) mass is 413 g/mol. The van der Waals surface area contributed by atoms with Crippen LogP contribution in [-0.4, -0.2) is 37.9 Å². The van der Waals surface area contributed by atoms with Crippen molar-refractivity contribution in [1.29, 1.82) is 0 Å². The van der Waals surface area contributed by atoms with Gasteiger partial charge in [-0.1, -0.05) is 23.2 Å². The molecule has 0 aromatic heterocycles. The van der Waals surface area contributed by atoms with Crippen LogP contribution in [0.2, 0.25) is 10.0 Å². The third kappa shape index (κ3) is 6.44. The SMILES string of the molecule is CSc1ccc(Cl)c(C(=O)OCC(=O)NCCOc2ccc(Cl)cc2)c1. The fraction of sp³-hybridized carbons (Fsp3) is 0.222. The summed E-state index contributed by atoms with van der Waals surface area (Å²) in [6.45, 7) is 0.171. The number of amides is 1. The van der Waals surface area contributed by atoms with Gasteiger partial charge in [-0.15, -0.1) is 11.8 Å². The lowest BCUT2D eigenvalue weighted by Gasteiger charge is -2.09. The molecule has 2 aromatic rings. The van der Waals surface area contributed by atoms with Crippen molar-refractivity contribution in [1.82, 2.24) is 5.32 Å². The predicted molar refractivity (Wildman–Crippen MR) is 103 cm³/mol. The van der Waals surface area contributed by atoms with E-state index in [1.165, 1.54) is 11.8 Å². The molecular formula is C18H17Cl2NO4S. The zero-order valence-corrected chi connectivity index (χ0v) is 16.3. The van der Waals surface area contributed by atoms with Gasteiger partial charge in [-0.2, -0.15) is 0 Å². The summed E-state index contributed by atoms with van der Waals surface area (Å²) in [7, 11) is 0. The summed E-state index contributed by atoms with van der Waals surface area (Å²) < 4.78 is 10.4. The standard InChI is InChI=1S/C18H17Cl2NO4S/c1-26-14-6-7-16(20)15(10-14)18(23)25-11-17(22)21-8-9-24-13-4-2-12(19)3-5-13/h2-7,10H,8-9,11H2,1H3,(H,21,22). The Kier molecular flexibility index (Phi) is 8.09. The summed E-state index contributed by atoms with van der Waals surface area (Å²) in [6.07, 6.45) is 1.89. The highest BCUT2D eigenvalue weighted by atomic mass is 35.5. The van der Waals surface area contributed by atoms with Crippen LogP contribution in [0.1, 0.15) is 10.4 Å². The van der Waals surface area contributed by atoms with E-state index in [0.717, 1.165) is 4.90 Å². The largest absolute Gasteiger partial charge is 0.492 e. The molecule has 8 heteroatoms. The van der Waals surface area contributed by atoms with Gasteiger partial charge in [0.25, 0.3) is 5.91 Å². The van der Waals surface area contributed by atoms with Gasteiger partial charge in [0.1, 0.15) is 12.4 Å². The topological polar surface area (TPSA) is 64.6 Å². The Balaban J connectivity index is 1.71. The molecule has 0 saturated heterocycles. The molecule has 0 radical (unpaired) electrons. The van der Waals surface area contributed by atoms with Gasteiger partial charge in [0.2, 0.25) is 0 Å². The Morgan fingerprint density at radius 2 is 1.85 bits per heavy atom. The number of rotatable bonds is 8. The fourth-order valence-corrected chi connectivity index (χ4v) is 2.70. The van der Waals surface area contributed by atoms with Crippen LogP contribution < -0.4 is 10.1 Å². The highest BCUT2D eigenvalue weighted by Gasteiger charge is 2.14. The molecule has 0 heterocycles. The van der Waals surface area contributed by atoms with Crippen molar-refractivity contribution < 1.29 is 19.1 Å². The Hall–Kier alpha value is -1.89. The molecule has 1 amide bonds. The van der Waals surface area contributed by atoms with Crippen molar-refractivity contribution in [2.45, 2.75) is 4.90 Å². The smallest absolute Gasteiger partial charge is 0.340 e. The quantitative estimate of drug-likeness (QED) is 0.401. The number of thioether (sulfide) groups is 1. The maximum absolute atomic E-state index is 12.0. The summed E-state index contributed by atoms with van der Waals surface area (Å²) in [5.41, 5.74) is 0.234. The van der Waals surface area contributed by atoms with E-state index in [4.69, 9.17) is 32.7 Å². The Morgan fingerprint density at radius 1 is 1.12 bits per heavy atom. The molecule has 0 aliphatic rings. The number of ether oxygens (including phenoxy) is 2. The molecule has 0 aliphatic heterocycles. The second-order valence-electron chi connectivity index (χ2n) is 5.07. The number of halogens is 2. The Labute approximate surface area is 166 Å². The van der Waals surface area contributed by atoms with Crippen LogP contribution in [0.5, 0.6) is 5.75 Å². The van der Waals surface area contributed by atoms with Crippen LogP contribution in [-0.2, 0) is 9.53 Å². The van der Waals surface area contributed by atoms with Crippen LogP contribution in [0.4, 0.5) is 0 Å². The van der Waals surface area contributed by atoms with Crippen molar-refractivity contribution in [3.63, 3.8) is 0 Å². The minimum atomic E-state index is -0.640. The van der Waals surface area contributed by atoms with Gasteiger partial charge in [-0.05, 0) is 48.7 Å². The Bertz CT molecular complexity index is 768. The number of carbonyl (C=O) groups excluding carboxylic acids is 2. The Morgan fingerprint density at radius 3 is 2.54 bits per heavy atom. The van der Waals surface area contributed by atoms with Gasteiger partial charge >= 0.3 is 5.97 Å². The van der Waals surface area contributed by atoms with E-state index >= 15 is 0 Å². The summed E-state index contributed by atoms with van der Waals surface area (Å²) in [5, 5.41) is 3.51. The molecule has 138 valence electrons. The molecule has 0 bridgehead atoms. The molecule has 1 N–H and O–H groups in total. The molecule has 0 atom stereocenters. The molecule has 2 aromatic carbocycles. The van der Waals surface area contributed by atoms with E-state index in [-0.39, 0.29) is 30.3 Å². The van der Waals surface area contributed by atoms with E-state index in [1.807, 2.05) is 6.26 Å². The second kappa shape index (κ2) is 10.3. The van der Waals surface area contributed by atoms with E-state index < -0.39 is 11.9 Å². The molecule has 26 heavy (non-hydrogen) atoms. The first kappa shape index (κ1) is 20.4. The van der Waals surface area contributed by atoms with Gasteiger partial charge in [0, 0.05) is 9.92 Å². The van der Waals surface area contributed by atoms with Crippen molar-refractivity contribution in [3.05, 3.63) is 58.1 Å². The summed E-state index contributed by atoms with van der Waals surface area (Å²) in [6, 6.07) is 12.0. The lowest BCUT2D eigenvalue weighted by atomic mass is 10.2. The van der Waals surface area contributed by atoms with E-state index in [9.17, 15) is 9.59 Å². The molecular weight excluding hydrogens is 397 g/mol. The van der Waals surface area contributed by atoms with Crippen LogP contribution in [0.3, 0.4) is 0 Å². The molecule has 0 aliphatic carbocycles. The van der Waals surface area contributed by atoms with E-state index in [2.05, 4.69) is 5.32 Å². The summed E-state index contributed by atoms with van der Waals surface area (Å²) >= 11 is 13.3. The number of benzene rings is 2. The third-order valence-corrected chi connectivity index (χ3v) is 4.54. The minimum absolute atomic E-state index is 0.234. The van der Waals surface area contributed by atoms with Crippen molar-refractivity contribution in [2.24, 2.45) is 0 Å². The number of nitrogens with one attached hydrogen (secondary N) is 1. The fourth-order valence-electron chi connectivity index (χ4n) is 1.94. The van der Waals surface area contributed by atoms with Crippen LogP contribution in [0, 0.1) is 0 Å². The number of hydrogen-bond acceptors (Lipinski definition) is 5. The highest BCUT2D eigenvalue weighted by molar-refractivity contribution is 7.98. The summed E-state index contributed by atoms with van der Waals surface area (Å²) in [5.74, 6) is -0.410. The third-order valence-electron chi connectivity index (χ3n) is 3.23. The zero-order valence-electron chi connectivity index (χ0n) is 14.0. The van der Waals surface area contributed by atoms with Crippen LogP contribution in [0.25, 0.3) is 0 Å². The maximum Gasteiger partial charge on any atom is 0.340 e. The van der Waals surface area contributed by atoms with Gasteiger partial charge in [-0.25, -0.2) is 4.79 Å².